The van der Waals surface area contributed by atoms with E-state index in [9.17, 15) is 5.11 Å². The average molecular weight is 238 g/mol. The molecule has 0 spiro atoms. The first kappa shape index (κ1) is 12.9. The van der Waals surface area contributed by atoms with E-state index in [1.807, 2.05) is 29.3 Å². The largest absolute Gasteiger partial charge is 0.377 e. The first-order valence-electron chi connectivity index (χ1n) is 4.23. The van der Waals surface area contributed by atoms with Crippen LogP contribution in [0.5, 0.6) is 0 Å². The molecule has 14 heavy (non-hydrogen) atoms. The van der Waals surface area contributed by atoms with Gasteiger partial charge in [0, 0.05) is 69.4 Å². The molecule has 0 saturated carbocycles. The van der Waals surface area contributed by atoms with Crippen molar-refractivity contribution in [2.75, 3.05) is 11.6 Å². The number of aliphatic hydroxyl groups excluding tert-OH is 1. The van der Waals surface area contributed by atoms with Crippen molar-refractivity contribution < 1.29 is 5.11 Å². The van der Waals surface area contributed by atoms with Gasteiger partial charge in [-0.25, -0.2) is 5.43 Å². The molecule has 1 saturated heterocycles. The molecule has 1 fully saturated rings. The normalized spacial score (nSPS) is 20.7. The molecule has 0 bridgehead atoms. The number of halogens is 1. The number of hydrogen-bond donors (Lipinski definition) is 2. The summed E-state index contributed by atoms with van der Waals surface area (Å²) in [6, 6.07) is 7.52. The van der Waals surface area contributed by atoms with Crippen molar-refractivity contribution in [2.24, 2.45) is 0 Å². The molecular formula is C9H11ClKN2O. The molecule has 5 heteroatoms. The predicted molar refractivity (Wildman–Crippen MR) is 58.3 cm³/mol. The first-order chi connectivity index (χ1) is 6.25. The van der Waals surface area contributed by atoms with E-state index in [0.717, 1.165) is 23.7 Å². The predicted octanol–water partition coefficient (Wildman–Crippen LogP) is 0.992. The van der Waals surface area contributed by atoms with Crippen LogP contribution in [-0.4, -0.2) is 69.3 Å². The van der Waals surface area contributed by atoms with Crippen LogP contribution in [0, 0.1) is 0 Å². The molecule has 1 heterocycles. The van der Waals surface area contributed by atoms with Crippen LogP contribution in [0.15, 0.2) is 24.3 Å². The molecule has 2 rings (SSSR count). The third-order valence-corrected chi connectivity index (χ3v) is 2.32. The summed E-state index contributed by atoms with van der Waals surface area (Å²) in [5.74, 6) is 0. The van der Waals surface area contributed by atoms with Crippen molar-refractivity contribution >= 4 is 68.7 Å². The van der Waals surface area contributed by atoms with Gasteiger partial charge in [-0.2, -0.15) is 0 Å². The van der Waals surface area contributed by atoms with Gasteiger partial charge in [0.25, 0.3) is 0 Å². The zero-order valence-electron chi connectivity index (χ0n) is 8.07. The third-order valence-electron chi connectivity index (χ3n) is 2.07. The molecule has 0 aliphatic carbocycles. The van der Waals surface area contributed by atoms with Gasteiger partial charge < -0.3 is 10.1 Å². The van der Waals surface area contributed by atoms with E-state index in [1.165, 1.54) is 0 Å². The standard InChI is InChI=1S/C9H11ClN2O.K/c10-7-1-3-8(4-2-7)12-6-5-9(13)11-12;/h1-4,9,11,13H,5-6H2;. The maximum absolute atomic E-state index is 9.24. The second-order valence-electron chi connectivity index (χ2n) is 3.06. The SMILES string of the molecule is OC1CCN(c2ccc(Cl)cc2)N1.[K]. The van der Waals surface area contributed by atoms with Crippen LogP contribution < -0.4 is 10.4 Å². The Labute approximate surface area is 131 Å². The van der Waals surface area contributed by atoms with Gasteiger partial charge in [-0.15, -0.1) is 0 Å². The molecule has 2 N–H and O–H groups in total. The van der Waals surface area contributed by atoms with Gasteiger partial charge in [0.2, 0.25) is 0 Å². The molecule has 1 atom stereocenters. The van der Waals surface area contributed by atoms with Crippen LogP contribution in [0.25, 0.3) is 0 Å². The van der Waals surface area contributed by atoms with Crippen molar-refractivity contribution in [2.45, 2.75) is 12.6 Å². The summed E-state index contributed by atoms with van der Waals surface area (Å²) in [6.45, 7) is 0.822. The van der Waals surface area contributed by atoms with Crippen molar-refractivity contribution in [3.05, 3.63) is 29.3 Å². The van der Waals surface area contributed by atoms with E-state index in [1.54, 1.807) is 0 Å². The topological polar surface area (TPSA) is 35.5 Å². The Kier molecular flexibility index (Phi) is 5.37. The Morgan fingerprint density at radius 3 is 2.50 bits per heavy atom. The van der Waals surface area contributed by atoms with Crippen molar-refractivity contribution in [1.29, 1.82) is 0 Å². The molecule has 1 unspecified atom stereocenters. The van der Waals surface area contributed by atoms with Gasteiger partial charge in [-0.05, 0) is 24.3 Å². The molecule has 1 aliphatic heterocycles. The minimum Gasteiger partial charge on any atom is -0.377 e. The smallest absolute Gasteiger partial charge is 0.123 e. The van der Waals surface area contributed by atoms with Crippen LogP contribution in [0.2, 0.25) is 5.02 Å². The minimum atomic E-state index is -0.421. The van der Waals surface area contributed by atoms with E-state index in [-0.39, 0.29) is 51.4 Å². The second kappa shape index (κ2) is 5.82. The number of benzene rings is 1. The maximum Gasteiger partial charge on any atom is 0.123 e. The number of aliphatic hydroxyl groups is 1. The third kappa shape index (κ3) is 3.18. The van der Waals surface area contributed by atoms with Gasteiger partial charge in [-0.1, -0.05) is 11.6 Å². The summed E-state index contributed by atoms with van der Waals surface area (Å²) < 4.78 is 0. The minimum absolute atomic E-state index is 0. The monoisotopic (exact) mass is 237 g/mol. The van der Waals surface area contributed by atoms with E-state index in [0.29, 0.717) is 0 Å². The summed E-state index contributed by atoms with van der Waals surface area (Å²) >= 11 is 5.76. The van der Waals surface area contributed by atoms with Gasteiger partial charge >= 0.3 is 0 Å². The molecule has 0 aromatic heterocycles. The van der Waals surface area contributed by atoms with Crippen LogP contribution in [-0.2, 0) is 0 Å². The van der Waals surface area contributed by atoms with Crippen molar-refractivity contribution in [3.63, 3.8) is 0 Å². The van der Waals surface area contributed by atoms with Crippen LogP contribution in [0.4, 0.5) is 5.69 Å². The van der Waals surface area contributed by atoms with Crippen LogP contribution in [0.1, 0.15) is 6.42 Å². The maximum atomic E-state index is 9.24. The Balaban J connectivity index is 0.000000980. The number of hydrazine groups is 1. The van der Waals surface area contributed by atoms with Gasteiger partial charge in [-0.3, -0.25) is 0 Å². The van der Waals surface area contributed by atoms with Crippen LogP contribution >= 0.6 is 11.6 Å². The van der Waals surface area contributed by atoms with Gasteiger partial charge in [0.05, 0.1) is 5.69 Å². The fourth-order valence-electron chi connectivity index (χ4n) is 1.39. The van der Waals surface area contributed by atoms with E-state index in [2.05, 4.69) is 5.43 Å². The molecule has 0 amide bonds. The average Bonchev–Trinajstić information content (AvgIpc) is 2.53. The number of anilines is 1. The zero-order chi connectivity index (χ0) is 9.26. The van der Waals surface area contributed by atoms with E-state index >= 15 is 0 Å². The van der Waals surface area contributed by atoms with E-state index in [4.69, 9.17) is 11.6 Å². The fourth-order valence-corrected chi connectivity index (χ4v) is 1.51. The van der Waals surface area contributed by atoms with Gasteiger partial charge in [0.15, 0.2) is 0 Å². The zero-order valence-corrected chi connectivity index (χ0v) is 12.0. The molecule has 3 nitrogen and oxygen atoms in total. The number of nitrogens with zero attached hydrogens (tertiary/aromatic N) is 1. The summed E-state index contributed by atoms with van der Waals surface area (Å²) in [5.41, 5.74) is 3.96. The molecular weight excluding hydrogens is 227 g/mol. The first-order valence-corrected chi connectivity index (χ1v) is 4.61. The molecule has 71 valence electrons. The summed E-state index contributed by atoms with van der Waals surface area (Å²) in [6.07, 6.45) is 0.332. The Morgan fingerprint density at radius 2 is 2.00 bits per heavy atom. The van der Waals surface area contributed by atoms with Crippen molar-refractivity contribution in [3.8, 4) is 0 Å². The number of hydrogen-bond acceptors (Lipinski definition) is 3. The summed E-state index contributed by atoms with van der Waals surface area (Å²) in [4.78, 5) is 0. The Bertz CT molecular complexity index is 293. The molecule has 1 aromatic rings. The molecule has 1 aliphatic rings. The number of rotatable bonds is 1. The molecule has 1 aromatic carbocycles. The van der Waals surface area contributed by atoms with Crippen molar-refractivity contribution in [1.82, 2.24) is 5.43 Å². The summed E-state index contributed by atoms with van der Waals surface area (Å²) in [7, 11) is 0. The molecule has 1 radical (unpaired) electrons. The fraction of sp³-hybridized carbons (Fsp3) is 0.333. The Morgan fingerprint density at radius 1 is 1.36 bits per heavy atom. The number of nitrogens with one attached hydrogen (secondary N) is 1. The summed E-state index contributed by atoms with van der Waals surface area (Å²) in [5, 5.41) is 11.9. The van der Waals surface area contributed by atoms with Gasteiger partial charge in [0.1, 0.15) is 6.23 Å². The quantitative estimate of drug-likeness (QED) is 0.716. The van der Waals surface area contributed by atoms with E-state index < -0.39 is 6.23 Å². The second-order valence-corrected chi connectivity index (χ2v) is 3.50. The van der Waals surface area contributed by atoms with Crippen LogP contribution in [0.3, 0.4) is 0 Å². The Hall–Kier alpha value is 0.866.